The summed E-state index contributed by atoms with van der Waals surface area (Å²) < 4.78 is 33.8. The zero-order chi connectivity index (χ0) is 21.9. The van der Waals surface area contributed by atoms with Gasteiger partial charge in [0.2, 0.25) is 0 Å². The first-order chi connectivity index (χ1) is 14.3. The fraction of sp³-hybridized carbons (Fsp3) is 0.409. The van der Waals surface area contributed by atoms with Crippen LogP contribution in [0.15, 0.2) is 51.8 Å². The van der Waals surface area contributed by atoms with Crippen molar-refractivity contribution in [1.82, 2.24) is 4.90 Å². The number of hydrogen-bond donors (Lipinski definition) is 0. The molecule has 0 spiro atoms. The molecule has 6 nitrogen and oxygen atoms in total. The lowest BCUT2D eigenvalue weighted by atomic mass is 9.95. The summed E-state index contributed by atoms with van der Waals surface area (Å²) in [4.78, 5) is 14.1. The second-order valence-corrected chi connectivity index (χ2v) is 10.2. The van der Waals surface area contributed by atoms with E-state index in [1.165, 1.54) is 4.31 Å². The summed E-state index contributed by atoms with van der Waals surface area (Å²) in [6, 6.07) is 12.8. The van der Waals surface area contributed by atoms with Crippen LogP contribution in [0, 0.1) is 0 Å². The van der Waals surface area contributed by atoms with Gasteiger partial charge in [0.1, 0.15) is 0 Å². The molecule has 0 fully saturated rings. The van der Waals surface area contributed by atoms with Gasteiger partial charge in [0.15, 0.2) is 0 Å². The smallest absolute Gasteiger partial charge is 0.305 e. The predicted molar refractivity (Wildman–Crippen MR) is 121 cm³/mol. The third kappa shape index (κ3) is 4.55. The van der Waals surface area contributed by atoms with Gasteiger partial charge in [-0.25, -0.2) is 8.42 Å². The van der Waals surface area contributed by atoms with Crippen LogP contribution in [0.25, 0.3) is 0 Å². The van der Waals surface area contributed by atoms with E-state index in [2.05, 4.69) is 20.8 Å². The first-order valence-corrected chi connectivity index (χ1v) is 12.2. The number of benzene rings is 2. The number of sulfonamides is 1. The van der Waals surface area contributed by atoms with E-state index in [-0.39, 0.29) is 12.0 Å². The Bertz CT molecular complexity index is 1030. The van der Waals surface area contributed by atoms with Crippen molar-refractivity contribution in [3.63, 3.8) is 0 Å². The minimum absolute atomic E-state index is 0.178. The number of para-hydroxylation sites is 1. The lowest BCUT2D eigenvalue weighted by Gasteiger charge is -2.30. The number of halogens is 1. The first-order valence-electron chi connectivity index (χ1n) is 10.0. The normalized spacial score (nSPS) is 17.2. The quantitative estimate of drug-likeness (QED) is 0.422. The molecule has 0 aliphatic carbocycles. The highest BCUT2D eigenvalue weighted by Crippen LogP contribution is 2.43. The van der Waals surface area contributed by atoms with Gasteiger partial charge in [-0.1, -0.05) is 40.2 Å². The van der Waals surface area contributed by atoms with Crippen molar-refractivity contribution < 1.29 is 17.9 Å². The number of anilines is 1. The standard InChI is InChI=1S/C22H27BrN2O4S/c1-4-29-21(26)11-7-8-14-24(2)22-17-9-5-6-10-19(17)25(3)30(27,28)20-15-16(23)12-13-18(20)22/h5-6,9-10,12-13,15,22H,4,7-8,11,14H2,1-3H3. The first kappa shape index (κ1) is 22.8. The summed E-state index contributed by atoms with van der Waals surface area (Å²) in [7, 11) is -0.0934. The van der Waals surface area contributed by atoms with Crippen LogP contribution >= 0.6 is 15.9 Å². The third-order valence-electron chi connectivity index (χ3n) is 5.37. The summed E-state index contributed by atoms with van der Waals surface area (Å²) in [5.41, 5.74) is 2.37. The van der Waals surface area contributed by atoms with Crippen LogP contribution in [0.1, 0.15) is 43.4 Å². The number of esters is 1. The van der Waals surface area contributed by atoms with Crippen LogP contribution in [0.5, 0.6) is 0 Å². The topological polar surface area (TPSA) is 66.9 Å². The predicted octanol–water partition coefficient (Wildman–Crippen LogP) is 4.34. The van der Waals surface area contributed by atoms with E-state index in [1.54, 1.807) is 20.0 Å². The minimum Gasteiger partial charge on any atom is -0.466 e. The molecule has 2 aromatic carbocycles. The molecular formula is C22H27BrN2O4S. The maximum Gasteiger partial charge on any atom is 0.305 e. The molecule has 0 amide bonds. The molecule has 1 aliphatic rings. The number of carbonyl (C=O) groups is 1. The van der Waals surface area contributed by atoms with Gasteiger partial charge in [-0.15, -0.1) is 0 Å². The number of ether oxygens (including phenoxy) is 1. The molecular weight excluding hydrogens is 468 g/mol. The average Bonchev–Trinajstić information content (AvgIpc) is 2.78. The Morgan fingerprint density at radius 3 is 2.63 bits per heavy atom. The summed E-state index contributed by atoms with van der Waals surface area (Å²) in [6.07, 6.45) is 1.93. The van der Waals surface area contributed by atoms with Crippen LogP contribution in [0.4, 0.5) is 5.69 Å². The SMILES string of the molecule is CCOC(=O)CCCCN(C)C1c2ccccc2N(C)S(=O)(=O)c2cc(Br)ccc21. The molecule has 1 unspecified atom stereocenters. The molecule has 0 N–H and O–H groups in total. The monoisotopic (exact) mass is 494 g/mol. The van der Waals surface area contributed by atoms with Crippen molar-refractivity contribution >= 4 is 37.6 Å². The van der Waals surface area contributed by atoms with Crippen molar-refractivity contribution in [2.75, 3.05) is 31.6 Å². The Kier molecular flexibility index (Phi) is 7.21. The van der Waals surface area contributed by atoms with E-state index in [9.17, 15) is 13.2 Å². The van der Waals surface area contributed by atoms with Gasteiger partial charge in [0, 0.05) is 17.9 Å². The summed E-state index contributed by atoms with van der Waals surface area (Å²) in [5.74, 6) is -0.178. The molecule has 162 valence electrons. The zero-order valence-electron chi connectivity index (χ0n) is 17.5. The van der Waals surface area contributed by atoms with Gasteiger partial charge in [0.25, 0.3) is 10.0 Å². The van der Waals surface area contributed by atoms with E-state index in [1.807, 2.05) is 43.4 Å². The largest absolute Gasteiger partial charge is 0.466 e. The zero-order valence-corrected chi connectivity index (χ0v) is 19.9. The molecule has 3 rings (SSSR count). The van der Waals surface area contributed by atoms with E-state index < -0.39 is 10.0 Å². The molecule has 0 bridgehead atoms. The lowest BCUT2D eigenvalue weighted by molar-refractivity contribution is -0.143. The fourth-order valence-electron chi connectivity index (χ4n) is 3.88. The van der Waals surface area contributed by atoms with E-state index in [0.29, 0.717) is 23.6 Å². The summed E-state index contributed by atoms with van der Waals surface area (Å²) in [5, 5.41) is 0. The van der Waals surface area contributed by atoms with E-state index in [4.69, 9.17) is 4.74 Å². The molecule has 0 saturated carbocycles. The van der Waals surface area contributed by atoms with Crippen LogP contribution in [-0.4, -0.2) is 46.5 Å². The van der Waals surface area contributed by atoms with E-state index >= 15 is 0 Å². The van der Waals surface area contributed by atoms with Gasteiger partial charge >= 0.3 is 5.97 Å². The molecule has 0 aromatic heterocycles. The molecule has 30 heavy (non-hydrogen) atoms. The highest BCUT2D eigenvalue weighted by atomic mass is 79.9. The van der Waals surface area contributed by atoms with Crippen molar-refractivity contribution in [3.8, 4) is 0 Å². The minimum atomic E-state index is -3.69. The van der Waals surface area contributed by atoms with Gasteiger partial charge < -0.3 is 4.74 Å². The third-order valence-corrected chi connectivity index (χ3v) is 7.69. The summed E-state index contributed by atoms with van der Waals surface area (Å²) in [6.45, 7) is 2.92. The van der Waals surface area contributed by atoms with E-state index in [0.717, 1.165) is 35.0 Å². The van der Waals surface area contributed by atoms with Gasteiger partial charge in [0.05, 0.1) is 23.2 Å². The maximum atomic E-state index is 13.3. The maximum absolute atomic E-state index is 13.3. The van der Waals surface area contributed by atoms with Crippen molar-refractivity contribution in [2.45, 2.75) is 37.1 Å². The Morgan fingerprint density at radius 1 is 1.17 bits per heavy atom. The highest BCUT2D eigenvalue weighted by Gasteiger charge is 2.36. The molecule has 1 atom stereocenters. The Balaban J connectivity index is 1.95. The Hall–Kier alpha value is -1.90. The van der Waals surface area contributed by atoms with Gasteiger partial charge in [-0.3, -0.25) is 14.0 Å². The fourth-order valence-corrected chi connectivity index (χ4v) is 5.86. The van der Waals surface area contributed by atoms with Crippen molar-refractivity contribution in [1.29, 1.82) is 0 Å². The molecule has 0 saturated heterocycles. The number of carbonyl (C=O) groups excluding carboxylic acids is 1. The number of nitrogens with zero attached hydrogens (tertiary/aromatic N) is 2. The molecule has 8 heteroatoms. The van der Waals surface area contributed by atoms with Gasteiger partial charge in [-0.2, -0.15) is 0 Å². The lowest BCUT2D eigenvalue weighted by Crippen LogP contribution is -2.27. The molecule has 1 heterocycles. The van der Waals surface area contributed by atoms with Crippen LogP contribution in [0.2, 0.25) is 0 Å². The van der Waals surface area contributed by atoms with Crippen molar-refractivity contribution in [3.05, 3.63) is 58.1 Å². The van der Waals surface area contributed by atoms with Crippen LogP contribution in [-0.2, 0) is 19.6 Å². The molecule has 2 aromatic rings. The Labute approximate surface area is 187 Å². The number of rotatable bonds is 7. The van der Waals surface area contributed by atoms with Crippen LogP contribution in [0.3, 0.4) is 0 Å². The summed E-state index contributed by atoms with van der Waals surface area (Å²) >= 11 is 3.42. The second-order valence-electron chi connectivity index (χ2n) is 7.36. The van der Waals surface area contributed by atoms with Crippen LogP contribution < -0.4 is 4.31 Å². The molecule has 1 aliphatic heterocycles. The highest BCUT2D eigenvalue weighted by molar-refractivity contribution is 9.10. The van der Waals surface area contributed by atoms with Gasteiger partial charge in [-0.05, 0) is 62.7 Å². The second kappa shape index (κ2) is 9.49. The number of fused-ring (bicyclic) bond motifs is 2. The number of hydrogen-bond acceptors (Lipinski definition) is 5. The molecule has 0 radical (unpaired) electrons. The Morgan fingerprint density at radius 2 is 1.90 bits per heavy atom. The average molecular weight is 495 g/mol. The van der Waals surface area contributed by atoms with Crippen molar-refractivity contribution in [2.24, 2.45) is 0 Å². The number of unbranched alkanes of at least 4 members (excludes halogenated alkanes) is 1.